The van der Waals surface area contributed by atoms with Crippen molar-refractivity contribution in [3.63, 3.8) is 0 Å². The Morgan fingerprint density at radius 1 is 0.615 bits per heavy atom. The zero-order chi connectivity index (χ0) is 7.72. The van der Waals surface area contributed by atoms with Gasteiger partial charge in [0.15, 0.2) is 0 Å². The van der Waals surface area contributed by atoms with Crippen LogP contribution in [-0.2, 0) is 0 Å². The maximum atomic E-state index is 2.24. The van der Waals surface area contributed by atoms with Crippen LogP contribution in [0.1, 0.15) is 22.3 Å². The topological polar surface area (TPSA) is 0 Å². The number of aryl methyl sites for hydroxylation is 4. The van der Waals surface area contributed by atoms with Crippen molar-refractivity contribution in [3.8, 4) is 0 Å². The average molecular weight is 245 g/mol. The first-order chi connectivity index (χ1) is 4.61. The molecule has 0 spiro atoms. The van der Waals surface area contributed by atoms with Crippen LogP contribution in [0.3, 0.4) is 0 Å². The maximum Gasteiger partial charge on any atom is 2.00 e. The van der Waals surface area contributed by atoms with Crippen molar-refractivity contribution in [2.45, 2.75) is 27.7 Å². The fourth-order valence-electron chi connectivity index (χ4n) is 1.10. The number of benzene rings is 1. The van der Waals surface area contributed by atoms with E-state index in [0.29, 0.717) is 0 Å². The summed E-state index contributed by atoms with van der Waals surface area (Å²) >= 11 is 0. The van der Waals surface area contributed by atoms with Gasteiger partial charge in [-0.15, -0.1) is 0 Å². The first-order valence-electron chi connectivity index (χ1n) is 3.65. The summed E-state index contributed by atoms with van der Waals surface area (Å²) in [6.07, 6.45) is 0. The maximum absolute atomic E-state index is 2.24. The number of halogens is 2. The molecule has 1 rings (SSSR count). The van der Waals surface area contributed by atoms with Crippen molar-refractivity contribution in [2.24, 2.45) is 0 Å². The van der Waals surface area contributed by atoms with E-state index in [9.17, 15) is 0 Å². The monoisotopic (exact) mass is 244 g/mol. The van der Waals surface area contributed by atoms with Gasteiger partial charge in [-0.05, 0) is 49.9 Å². The Morgan fingerprint density at radius 2 is 0.769 bits per heavy atom. The van der Waals surface area contributed by atoms with E-state index >= 15 is 0 Å². The molecule has 0 bridgehead atoms. The molecule has 0 aliphatic carbocycles. The van der Waals surface area contributed by atoms with Gasteiger partial charge in [0.25, 0.3) is 0 Å². The molecule has 0 N–H and O–H groups in total. The smallest absolute Gasteiger partial charge is 1.00 e. The van der Waals surface area contributed by atoms with Crippen molar-refractivity contribution < 1.29 is 24.8 Å². The van der Waals surface area contributed by atoms with Crippen molar-refractivity contribution in [1.29, 1.82) is 0 Å². The normalized spacial score (nSPS) is 7.69. The molecule has 0 unspecified atom stereocenters. The van der Waals surface area contributed by atoms with Gasteiger partial charge in [0, 0.05) is 0 Å². The summed E-state index contributed by atoms with van der Waals surface area (Å²) in [4.78, 5) is 0. The second-order valence-electron chi connectivity index (χ2n) is 3.02. The minimum absolute atomic E-state index is 0. The van der Waals surface area contributed by atoms with Gasteiger partial charge in [0.05, 0.1) is 0 Å². The van der Waals surface area contributed by atoms with Crippen LogP contribution < -0.4 is 24.8 Å². The van der Waals surface area contributed by atoms with E-state index in [2.05, 4.69) is 39.8 Å². The van der Waals surface area contributed by atoms with Gasteiger partial charge in [-0.3, -0.25) is 0 Å². The van der Waals surface area contributed by atoms with E-state index in [1.54, 1.807) is 0 Å². The third-order valence-electron chi connectivity index (χ3n) is 2.11. The van der Waals surface area contributed by atoms with Crippen LogP contribution in [0.4, 0.5) is 0 Å². The van der Waals surface area contributed by atoms with Crippen molar-refractivity contribution in [1.82, 2.24) is 0 Å². The van der Waals surface area contributed by atoms with E-state index < -0.39 is 0 Å². The zero-order valence-corrected chi connectivity index (χ0v) is 12.3. The number of rotatable bonds is 0. The first-order valence-corrected chi connectivity index (χ1v) is 3.65. The second-order valence-corrected chi connectivity index (χ2v) is 3.02. The van der Waals surface area contributed by atoms with Crippen LogP contribution in [0.2, 0.25) is 0 Å². The quantitative estimate of drug-likeness (QED) is 0.417. The third-order valence-corrected chi connectivity index (χ3v) is 2.11. The fourth-order valence-corrected chi connectivity index (χ4v) is 1.10. The standard InChI is InChI=1S/C10H14.Ca.2ClH/c1-7-5-9(3)10(4)6-8(7)2;;;/h5-6H,1-4H3;;2*1H/q;+2;;/p-2. The van der Waals surface area contributed by atoms with Gasteiger partial charge in [0.1, 0.15) is 0 Å². The molecule has 0 saturated heterocycles. The number of hydrogen-bond acceptors (Lipinski definition) is 0. The van der Waals surface area contributed by atoms with E-state index in [-0.39, 0.29) is 62.6 Å². The summed E-state index contributed by atoms with van der Waals surface area (Å²) in [6.45, 7) is 8.62. The molecule has 0 fully saturated rings. The molecule has 70 valence electrons. The van der Waals surface area contributed by atoms with Crippen LogP contribution in [0.15, 0.2) is 12.1 Å². The molecule has 3 heteroatoms. The van der Waals surface area contributed by atoms with Gasteiger partial charge < -0.3 is 24.8 Å². The minimum Gasteiger partial charge on any atom is -1.00 e. The van der Waals surface area contributed by atoms with Crippen molar-refractivity contribution >= 4 is 37.7 Å². The summed E-state index contributed by atoms with van der Waals surface area (Å²) < 4.78 is 0. The summed E-state index contributed by atoms with van der Waals surface area (Å²) in [5.74, 6) is 0. The van der Waals surface area contributed by atoms with E-state index in [1.165, 1.54) is 22.3 Å². The predicted molar refractivity (Wildman–Crippen MR) is 51.1 cm³/mol. The largest absolute Gasteiger partial charge is 2.00 e. The molecule has 0 amide bonds. The Morgan fingerprint density at radius 3 is 0.923 bits per heavy atom. The van der Waals surface area contributed by atoms with E-state index in [1.807, 2.05) is 0 Å². The van der Waals surface area contributed by atoms with Crippen LogP contribution >= 0.6 is 0 Å². The Labute approximate surface area is 123 Å². The molecule has 0 aromatic heterocycles. The van der Waals surface area contributed by atoms with E-state index in [0.717, 1.165) is 0 Å². The average Bonchev–Trinajstić information content (AvgIpc) is 1.84. The summed E-state index contributed by atoms with van der Waals surface area (Å²) in [5, 5.41) is 0. The molecule has 0 aliphatic heterocycles. The second kappa shape index (κ2) is 8.37. The summed E-state index contributed by atoms with van der Waals surface area (Å²) in [5.41, 5.74) is 5.57. The Kier molecular flexibility index (Phi) is 12.6. The van der Waals surface area contributed by atoms with Gasteiger partial charge in [0.2, 0.25) is 0 Å². The Hall–Kier alpha value is 1.06. The van der Waals surface area contributed by atoms with Gasteiger partial charge in [-0.25, -0.2) is 0 Å². The third kappa shape index (κ3) is 5.49. The van der Waals surface area contributed by atoms with Crippen molar-refractivity contribution in [3.05, 3.63) is 34.4 Å². The van der Waals surface area contributed by atoms with Crippen molar-refractivity contribution in [2.75, 3.05) is 0 Å². The molecular formula is C10H14CaCl2. The zero-order valence-electron chi connectivity index (χ0n) is 8.62. The summed E-state index contributed by atoms with van der Waals surface area (Å²) in [7, 11) is 0. The van der Waals surface area contributed by atoms with Gasteiger partial charge >= 0.3 is 37.7 Å². The SMILES string of the molecule is Cc1cc(C)c(C)cc1C.[Ca+2].[Cl-].[Cl-]. The van der Waals surface area contributed by atoms with Gasteiger partial charge in [-0.1, -0.05) is 12.1 Å². The van der Waals surface area contributed by atoms with Gasteiger partial charge in [-0.2, -0.15) is 0 Å². The first kappa shape index (κ1) is 19.6. The molecule has 0 radical (unpaired) electrons. The predicted octanol–water partition coefficient (Wildman–Crippen LogP) is -3.45. The Bertz CT molecular complexity index is 209. The molecule has 1 aromatic carbocycles. The molecular weight excluding hydrogens is 231 g/mol. The molecule has 0 heterocycles. The fraction of sp³-hybridized carbons (Fsp3) is 0.400. The van der Waals surface area contributed by atoms with E-state index in [4.69, 9.17) is 0 Å². The van der Waals surface area contributed by atoms with Crippen LogP contribution in [-0.4, -0.2) is 37.7 Å². The minimum atomic E-state index is 0. The molecule has 0 aliphatic rings. The molecule has 13 heavy (non-hydrogen) atoms. The van der Waals surface area contributed by atoms with Crippen LogP contribution in [0.5, 0.6) is 0 Å². The molecule has 1 aromatic rings. The molecule has 0 nitrogen and oxygen atoms in total. The van der Waals surface area contributed by atoms with Crippen LogP contribution in [0.25, 0.3) is 0 Å². The van der Waals surface area contributed by atoms with Crippen LogP contribution in [0, 0.1) is 27.7 Å². The molecule has 0 saturated carbocycles. The Balaban J connectivity index is -0.000000333. The summed E-state index contributed by atoms with van der Waals surface area (Å²) in [6, 6.07) is 4.48. The number of hydrogen-bond donors (Lipinski definition) is 0. The molecule has 0 atom stereocenters.